The van der Waals surface area contributed by atoms with Crippen molar-refractivity contribution in [1.29, 1.82) is 0 Å². The topological polar surface area (TPSA) is 52.6 Å². The molecule has 4 nitrogen and oxygen atoms in total. The van der Waals surface area contributed by atoms with Gasteiger partial charge in [-0.25, -0.2) is 4.79 Å². The predicted molar refractivity (Wildman–Crippen MR) is 52.4 cm³/mol. The summed E-state index contributed by atoms with van der Waals surface area (Å²) >= 11 is 0. The molecule has 0 aromatic rings. The largest absolute Gasteiger partial charge is 0.463 e. The Bertz CT molecular complexity index is 370. The SMILES string of the molecule is C=C(CC(=O)OC(C(F)(F)F)C(F)(F)F)C(=O)OCC. The third-order valence-corrected chi connectivity index (χ3v) is 1.77. The quantitative estimate of drug-likeness (QED) is 0.445. The van der Waals surface area contributed by atoms with Crippen molar-refractivity contribution in [3.8, 4) is 0 Å². The number of alkyl halides is 6. The maximum Gasteiger partial charge on any atom is 0.434 e. The zero-order valence-corrected chi connectivity index (χ0v) is 10.1. The van der Waals surface area contributed by atoms with Gasteiger partial charge in [-0.1, -0.05) is 6.58 Å². The third-order valence-electron chi connectivity index (χ3n) is 1.77. The van der Waals surface area contributed by atoms with E-state index in [1.165, 1.54) is 6.92 Å². The lowest BCUT2D eigenvalue weighted by Crippen LogP contribution is -2.45. The van der Waals surface area contributed by atoms with Crippen LogP contribution in [0.3, 0.4) is 0 Å². The first-order chi connectivity index (χ1) is 8.89. The van der Waals surface area contributed by atoms with E-state index in [4.69, 9.17) is 0 Å². The standard InChI is InChI=1S/C10H10F6O4/c1-3-19-7(18)5(2)4-6(17)20-8(9(11,12)13)10(14,15)16/h8H,2-4H2,1H3. The molecule has 0 saturated heterocycles. The van der Waals surface area contributed by atoms with Gasteiger partial charge in [0, 0.05) is 5.57 Å². The number of carbonyl (C=O) groups excluding carboxylic acids is 2. The van der Waals surface area contributed by atoms with Crippen molar-refractivity contribution < 1.29 is 45.4 Å². The van der Waals surface area contributed by atoms with E-state index in [1.807, 2.05) is 0 Å². The molecule has 0 amide bonds. The maximum atomic E-state index is 12.1. The van der Waals surface area contributed by atoms with Crippen molar-refractivity contribution in [2.45, 2.75) is 31.8 Å². The Hall–Kier alpha value is -1.74. The van der Waals surface area contributed by atoms with Gasteiger partial charge in [0.15, 0.2) is 0 Å². The summed E-state index contributed by atoms with van der Waals surface area (Å²) < 4.78 is 80.2. The van der Waals surface area contributed by atoms with E-state index in [2.05, 4.69) is 16.1 Å². The second-order valence-corrected chi connectivity index (χ2v) is 3.45. The van der Waals surface area contributed by atoms with Crippen molar-refractivity contribution in [3.63, 3.8) is 0 Å². The average molecular weight is 308 g/mol. The normalized spacial score (nSPS) is 12.2. The van der Waals surface area contributed by atoms with Crippen LogP contribution in [0.15, 0.2) is 12.2 Å². The zero-order chi connectivity index (χ0) is 16.1. The number of hydrogen-bond donors (Lipinski definition) is 0. The van der Waals surface area contributed by atoms with Gasteiger partial charge in [0.05, 0.1) is 13.0 Å². The van der Waals surface area contributed by atoms with E-state index < -0.39 is 42.4 Å². The molecule has 0 radical (unpaired) electrons. The molecule has 0 aromatic carbocycles. The molecule has 0 aliphatic carbocycles. The molecule has 0 fully saturated rings. The van der Waals surface area contributed by atoms with Crippen LogP contribution in [0.5, 0.6) is 0 Å². The number of rotatable bonds is 5. The summed E-state index contributed by atoms with van der Waals surface area (Å²) in [6, 6.07) is 0. The van der Waals surface area contributed by atoms with Crippen LogP contribution in [0, 0.1) is 0 Å². The molecular formula is C10H10F6O4. The molecule has 0 unspecified atom stereocenters. The summed E-state index contributed by atoms with van der Waals surface area (Å²) in [6.45, 7) is 4.32. The lowest BCUT2D eigenvalue weighted by atomic mass is 10.2. The van der Waals surface area contributed by atoms with E-state index in [1.54, 1.807) is 0 Å². The molecule has 0 aliphatic heterocycles. The molecule has 0 atom stereocenters. The van der Waals surface area contributed by atoms with Crippen LogP contribution in [0.4, 0.5) is 26.3 Å². The van der Waals surface area contributed by atoms with Crippen molar-refractivity contribution in [1.82, 2.24) is 0 Å². The number of carbonyl (C=O) groups is 2. The Balaban J connectivity index is 4.73. The summed E-state index contributed by atoms with van der Waals surface area (Å²) in [5.41, 5.74) is -0.611. The van der Waals surface area contributed by atoms with Crippen LogP contribution in [-0.2, 0) is 19.1 Å². The summed E-state index contributed by atoms with van der Waals surface area (Å²) in [6.07, 6.45) is -17.0. The highest BCUT2D eigenvalue weighted by Crippen LogP contribution is 2.35. The van der Waals surface area contributed by atoms with E-state index in [0.29, 0.717) is 0 Å². The number of esters is 2. The van der Waals surface area contributed by atoms with Gasteiger partial charge in [0.2, 0.25) is 0 Å². The van der Waals surface area contributed by atoms with Gasteiger partial charge in [-0.2, -0.15) is 26.3 Å². The number of halogens is 6. The highest BCUT2D eigenvalue weighted by Gasteiger charge is 2.59. The van der Waals surface area contributed by atoms with Crippen LogP contribution >= 0.6 is 0 Å². The lowest BCUT2D eigenvalue weighted by molar-refractivity contribution is -0.313. The summed E-state index contributed by atoms with van der Waals surface area (Å²) in [7, 11) is 0. The van der Waals surface area contributed by atoms with Crippen molar-refractivity contribution >= 4 is 11.9 Å². The van der Waals surface area contributed by atoms with Gasteiger partial charge in [-0.15, -0.1) is 0 Å². The van der Waals surface area contributed by atoms with Gasteiger partial charge in [0.1, 0.15) is 0 Å². The Morgan fingerprint density at radius 3 is 1.90 bits per heavy atom. The minimum atomic E-state index is -5.81. The average Bonchev–Trinajstić information content (AvgIpc) is 2.23. The molecule has 0 spiro atoms. The van der Waals surface area contributed by atoms with Gasteiger partial charge in [0.25, 0.3) is 6.10 Å². The smallest absolute Gasteiger partial charge is 0.434 e. The monoisotopic (exact) mass is 308 g/mol. The van der Waals surface area contributed by atoms with Crippen molar-refractivity contribution in [2.24, 2.45) is 0 Å². The lowest BCUT2D eigenvalue weighted by Gasteiger charge is -2.22. The fourth-order valence-corrected chi connectivity index (χ4v) is 0.972. The summed E-state index contributed by atoms with van der Waals surface area (Å²) in [5, 5.41) is 0. The Labute approximate surface area is 109 Å². The molecule has 20 heavy (non-hydrogen) atoms. The Kier molecular flexibility index (Phi) is 6.04. The zero-order valence-electron chi connectivity index (χ0n) is 10.1. The molecule has 0 heterocycles. The first-order valence-corrected chi connectivity index (χ1v) is 5.07. The number of hydrogen-bond acceptors (Lipinski definition) is 4. The van der Waals surface area contributed by atoms with Gasteiger partial charge < -0.3 is 9.47 Å². The molecule has 0 saturated carbocycles. The fourth-order valence-electron chi connectivity index (χ4n) is 0.972. The molecule has 0 bridgehead atoms. The summed E-state index contributed by atoms with van der Waals surface area (Å²) in [5.74, 6) is -3.00. The third kappa shape index (κ3) is 5.93. The predicted octanol–water partition coefficient (Wildman–Crippen LogP) is 2.53. The molecule has 116 valence electrons. The van der Waals surface area contributed by atoms with E-state index in [9.17, 15) is 35.9 Å². The Morgan fingerprint density at radius 2 is 1.55 bits per heavy atom. The minimum Gasteiger partial charge on any atom is -0.463 e. The van der Waals surface area contributed by atoms with Crippen LogP contribution in [-0.4, -0.2) is 37.0 Å². The van der Waals surface area contributed by atoms with E-state index in [-0.39, 0.29) is 6.61 Å². The molecule has 10 heteroatoms. The molecule has 0 aromatic heterocycles. The van der Waals surface area contributed by atoms with Gasteiger partial charge in [-0.05, 0) is 6.92 Å². The maximum absolute atomic E-state index is 12.1. The van der Waals surface area contributed by atoms with Gasteiger partial charge >= 0.3 is 24.3 Å². The summed E-state index contributed by atoms with van der Waals surface area (Å²) in [4.78, 5) is 22.0. The first-order valence-electron chi connectivity index (χ1n) is 5.07. The highest BCUT2D eigenvalue weighted by molar-refractivity contribution is 5.93. The number of ether oxygens (including phenoxy) is 2. The van der Waals surface area contributed by atoms with Crippen molar-refractivity contribution in [2.75, 3.05) is 6.61 Å². The van der Waals surface area contributed by atoms with Crippen LogP contribution < -0.4 is 0 Å². The van der Waals surface area contributed by atoms with Gasteiger partial charge in [-0.3, -0.25) is 4.79 Å². The Morgan fingerprint density at radius 1 is 1.10 bits per heavy atom. The highest BCUT2D eigenvalue weighted by atomic mass is 19.4. The van der Waals surface area contributed by atoms with E-state index in [0.717, 1.165) is 0 Å². The molecule has 0 aliphatic rings. The van der Waals surface area contributed by atoms with Crippen molar-refractivity contribution in [3.05, 3.63) is 12.2 Å². The van der Waals surface area contributed by atoms with Crippen LogP contribution in [0.1, 0.15) is 13.3 Å². The van der Waals surface area contributed by atoms with Crippen LogP contribution in [0.2, 0.25) is 0 Å². The fraction of sp³-hybridized carbons (Fsp3) is 0.600. The minimum absolute atomic E-state index is 0.0966. The second-order valence-electron chi connectivity index (χ2n) is 3.45. The van der Waals surface area contributed by atoms with E-state index >= 15 is 0 Å². The molecule has 0 N–H and O–H groups in total. The van der Waals surface area contributed by atoms with Crippen LogP contribution in [0.25, 0.3) is 0 Å². The molecular weight excluding hydrogens is 298 g/mol. The second kappa shape index (κ2) is 6.62. The first kappa shape index (κ1) is 18.3. The molecule has 0 rings (SSSR count).